The summed E-state index contributed by atoms with van der Waals surface area (Å²) in [5, 5.41) is 0.598. The molecule has 2 aromatic rings. The predicted molar refractivity (Wildman–Crippen MR) is 108 cm³/mol. The molecule has 0 spiro atoms. The Labute approximate surface area is 163 Å². The van der Waals surface area contributed by atoms with Gasteiger partial charge in [0.1, 0.15) is 5.75 Å². The van der Waals surface area contributed by atoms with E-state index in [4.69, 9.17) is 27.8 Å². The van der Waals surface area contributed by atoms with Crippen LogP contribution in [0.4, 0.5) is 0 Å². The first-order chi connectivity index (χ1) is 12.1. The van der Waals surface area contributed by atoms with Gasteiger partial charge in [0.2, 0.25) is 11.9 Å². The van der Waals surface area contributed by atoms with Crippen LogP contribution in [0.1, 0.15) is 18.2 Å². The van der Waals surface area contributed by atoms with E-state index >= 15 is 0 Å². The number of rotatable bonds is 6. The first-order valence-corrected chi connectivity index (χ1v) is 8.39. The summed E-state index contributed by atoms with van der Waals surface area (Å²) in [5.74, 6) is 1.22. The molecule has 1 atom stereocenters. The normalized spacial score (nSPS) is 16.3. The number of benzene rings is 2. The van der Waals surface area contributed by atoms with Crippen molar-refractivity contribution in [3.8, 4) is 5.75 Å². The number of hydrogen-bond donors (Lipinski definition) is 2. The Morgan fingerprint density at radius 3 is 2.46 bits per heavy atom. The molecule has 8 heteroatoms. The minimum Gasteiger partial charge on any atom is -0.492 e. The summed E-state index contributed by atoms with van der Waals surface area (Å²) in [7, 11) is 0. The molecule has 0 radical (unpaired) electrons. The maximum atomic E-state index is 6.09. The first-order valence-electron chi connectivity index (χ1n) is 8.01. The zero-order valence-corrected chi connectivity index (χ0v) is 15.7. The average molecular weight is 394 g/mol. The van der Waals surface area contributed by atoms with Crippen LogP contribution in [-0.4, -0.2) is 30.0 Å². The highest BCUT2D eigenvalue weighted by molar-refractivity contribution is 6.32. The summed E-state index contributed by atoms with van der Waals surface area (Å²) >= 11 is 6.09. The number of nitrogens with two attached hydrogens (primary N) is 2. The van der Waals surface area contributed by atoms with E-state index in [1.54, 1.807) is 6.07 Å². The number of halogens is 2. The quantitative estimate of drug-likeness (QED) is 0.737. The Kier molecular flexibility index (Phi) is 7.12. The molecule has 0 saturated heterocycles. The largest absolute Gasteiger partial charge is 0.492 e. The molecular weight excluding hydrogens is 373 g/mol. The van der Waals surface area contributed by atoms with Gasteiger partial charge in [-0.15, -0.1) is 12.4 Å². The van der Waals surface area contributed by atoms with Crippen molar-refractivity contribution in [1.29, 1.82) is 0 Å². The van der Waals surface area contributed by atoms with Crippen LogP contribution in [0.15, 0.2) is 64.6 Å². The van der Waals surface area contributed by atoms with Crippen LogP contribution >= 0.6 is 24.0 Å². The zero-order chi connectivity index (χ0) is 17.6. The molecule has 6 nitrogen and oxygen atoms in total. The standard InChI is InChI=1S/C18H20ClN5O.ClH/c19-14-9-4-5-10-15(14)25-12-6-11-24-16(13-7-2-1-3-8-13)22-17(20)23-18(24)21;/h1-5,7-10,16H,6,11-12H2,(H4,20,21,22,23);1H. The lowest BCUT2D eigenvalue weighted by atomic mass is 10.1. The molecular formula is C18H21Cl2N5O. The van der Waals surface area contributed by atoms with Crippen LogP contribution in [0.3, 0.4) is 0 Å². The van der Waals surface area contributed by atoms with Crippen molar-refractivity contribution in [2.75, 3.05) is 13.2 Å². The maximum Gasteiger partial charge on any atom is 0.220 e. The monoisotopic (exact) mass is 393 g/mol. The molecule has 0 bridgehead atoms. The molecule has 0 fully saturated rings. The summed E-state index contributed by atoms with van der Waals surface area (Å²) in [6.45, 7) is 1.14. The summed E-state index contributed by atoms with van der Waals surface area (Å²) in [5.41, 5.74) is 12.9. The molecule has 0 amide bonds. The van der Waals surface area contributed by atoms with E-state index < -0.39 is 0 Å². The average Bonchev–Trinajstić information content (AvgIpc) is 2.62. The third-order valence-corrected chi connectivity index (χ3v) is 4.12. The lowest BCUT2D eigenvalue weighted by Crippen LogP contribution is -2.44. The lowest BCUT2D eigenvalue weighted by molar-refractivity contribution is 0.258. The van der Waals surface area contributed by atoms with Gasteiger partial charge in [-0.25, -0.2) is 4.99 Å². The number of guanidine groups is 2. The molecule has 3 rings (SSSR count). The Balaban J connectivity index is 0.00000243. The SMILES string of the molecule is Cl.NC1=NC(c2ccccc2)N(CCCOc2ccccc2Cl)C(N)=N1. The van der Waals surface area contributed by atoms with Crippen molar-refractivity contribution in [2.24, 2.45) is 21.5 Å². The van der Waals surface area contributed by atoms with Crippen molar-refractivity contribution >= 4 is 35.9 Å². The molecule has 1 heterocycles. The molecule has 0 saturated carbocycles. The van der Waals surface area contributed by atoms with Crippen molar-refractivity contribution in [1.82, 2.24) is 4.90 Å². The van der Waals surface area contributed by atoms with E-state index in [1.807, 2.05) is 53.4 Å². The minimum atomic E-state index is -0.279. The fourth-order valence-corrected chi connectivity index (χ4v) is 2.82. The smallest absolute Gasteiger partial charge is 0.220 e. The summed E-state index contributed by atoms with van der Waals surface area (Å²) in [6, 6.07) is 17.3. The molecule has 1 unspecified atom stereocenters. The van der Waals surface area contributed by atoms with Crippen LogP contribution in [0.2, 0.25) is 5.02 Å². The second-order valence-corrected chi connectivity index (χ2v) is 5.97. The van der Waals surface area contributed by atoms with E-state index in [1.165, 1.54) is 0 Å². The molecule has 138 valence electrons. The number of ether oxygens (including phenoxy) is 1. The van der Waals surface area contributed by atoms with Gasteiger partial charge < -0.3 is 21.1 Å². The highest BCUT2D eigenvalue weighted by atomic mass is 35.5. The number of para-hydroxylation sites is 1. The van der Waals surface area contributed by atoms with Crippen LogP contribution in [-0.2, 0) is 0 Å². The first kappa shape index (κ1) is 19.9. The van der Waals surface area contributed by atoms with Crippen molar-refractivity contribution < 1.29 is 4.74 Å². The summed E-state index contributed by atoms with van der Waals surface area (Å²) in [6.07, 6.45) is 0.458. The summed E-state index contributed by atoms with van der Waals surface area (Å²) in [4.78, 5) is 10.4. The third-order valence-electron chi connectivity index (χ3n) is 3.81. The van der Waals surface area contributed by atoms with E-state index in [0.29, 0.717) is 29.9 Å². The van der Waals surface area contributed by atoms with Crippen LogP contribution in [0.5, 0.6) is 5.75 Å². The Hall–Kier alpha value is -2.44. The maximum absolute atomic E-state index is 6.09. The molecule has 4 N–H and O–H groups in total. The van der Waals surface area contributed by atoms with Crippen molar-refractivity contribution in [3.05, 3.63) is 65.2 Å². The van der Waals surface area contributed by atoms with Gasteiger partial charge in [-0.1, -0.05) is 54.1 Å². The predicted octanol–water partition coefficient (Wildman–Crippen LogP) is 3.17. The number of hydrogen-bond acceptors (Lipinski definition) is 6. The molecule has 26 heavy (non-hydrogen) atoms. The van der Waals surface area contributed by atoms with Crippen molar-refractivity contribution in [3.63, 3.8) is 0 Å². The molecule has 0 aliphatic carbocycles. The second-order valence-electron chi connectivity index (χ2n) is 5.57. The van der Waals surface area contributed by atoms with Gasteiger partial charge in [-0.05, 0) is 24.1 Å². The van der Waals surface area contributed by atoms with Crippen molar-refractivity contribution in [2.45, 2.75) is 12.6 Å². The molecule has 2 aromatic carbocycles. The molecule has 1 aliphatic rings. The Morgan fingerprint density at radius 1 is 1.04 bits per heavy atom. The highest BCUT2D eigenvalue weighted by Gasteiger charge is 2.25. The Bertz CT molecular complexity index is 782. The molecule has 0 aromatic heterocycles. The van der Waals surface area contributed by atoms with E-state index in [0.717, 1.165) is 12.0 Å². The van der Waals surface area contributed by atoms with Gasteiger partial charge in [-0.2, -0.15) is 4.99 Å². The van der Waals surface area contributed by atoms with Gasteiger partial charge in [0.15, 0.2) is 6.17 Å². The summed E-state index contributed by atoms with van der Waals surface area (Å²) < 4.78 is 5.73. The number of aliphatic imine (C=N–C) groups is 2. The van der Waals surface area contributed by atoms with Crippen LogP contribution in [0.25, 0.3) is 0 Å². The topological polar surface area (TPSA) is 89.2 Å². The van der Waals surface area contributed by atoms with E-state index in [-0.39, 0.29) is 24.5 Å². The fourth-order valence-electron chi connectivity index (χ4n) is 2.63. The fraction of sp³-hybridized carbons (Fsp3) is 0.222. The van der Waals surface area contributed by atoms with Gasteiger partial charge in [-0.3, -0.25) is 0 Å². The molecule has 1 aliphatic heterocycles. The van der Waals surface area contributed by atoms with E-state index in [2.05, 4.69) is 9.98 Å². The minimum absolute atomic E-state index is 0. The van der Waals surface area contributed by atoms with Gasteiger partial charge in [0.25, 0.3) is 0 Å². The third kappa shape index (κ3) is 4.80. The van der Waals surface area contributed by atoms with Gasteiger partial charge in [0, 0.05) is 6.54 Å². The van der Waals surface area contributed by atoms with Gasteiger partial charge >= 0.3 is 0 Å². The number of nitrogens with zero attached hydrogens (tertiary/aromatic N) is 3. The second kappa shape index (κ2) is 9.31. The van der Waals surface area contributed by atoms with Crippen LogP contribution in [0, 0.1) is 0 Å². The Morgan fingerprint density at radius 2 is 1.73 bits per heavy atom. The van der Waals surface area contributed by atoms with Crippen LogP contribution < -0.4 is 16.2 Å². The zero-order valence-electron chi connectivity index (χ0n) is 14.1. The lowest BCUT2D eigenvalue weighted by Gasteiger charge is -2.32. The highest BCUT2D eigenvalue weighted by Crippen LogP contribution is 2.25. The van der Waals surface area contributed by atoms with E-state index in [9.17, 15) is 0 Å². The van der Waals surface area contributed by atoms with Gasteiger partial charge in [0.05, 0.1) is 11.6 Å².